The highest BCUT2D eigenvalue weighted by Crippen LogP contribution is 2.55. The summed E-state index contributed by atoms with van der Waals surface area (Å²) in [6, 6.07) is 55.9. The number of rotatable bonds is 4. The van der Waals surface area contributed by atoms with Gasteiger partial charge in [0, 0.05) is 44.0 Å². The summed E-state index contributed by atoms with van der Waals surface area (Å²) in [6.07, 6.45) is 0. The van der Waals surface area contributed by atoms with E-state index in [1.54, 1.807) is 0 Å². The van der Waals surface area contributed by atoms with Crippen LogP contribution in [-0.4, -0.2) is 19.1 Å². The lowest BCUT2D eigenvalue weighted by atomic mass is 9.81. The van der Waals surface area contributed by atoms with Crippen LogP contribution in [0, 0.1) is 0 Å². The van der Waals surface area contributed by atoms with Gasteiger partial charge in [-0.3, -0.25) is 4.57 Å². The molecule has 9 aromatic rings. The Morgan fingerprint density at radius 2 is 1.10 bits per heavy atom. The Hall–Kier alpha value is -6.26. The minimum Gasteiger partial charge on any atom is -0.309 e. The fourth-order valence-electron chi connectivity index (χ4n) is 8.16. The molecule has 1 aliphatic carbocycles. The molecule has 0 N–H and O–H groups in total. The maximum Gasteiger partial charge on any atom is 0.235 e. The molecule has 4 heteroatoms. The highest BCUT2D eigenvalue weighted by atomic mass is 15.2. The summed E-state index contributed by atoms with van der Waals surface area (Å²) in [7, 11) is 0. The van der Waals surface area contributed by atoms with E-state index in [0.29, 0.717) is 5.95 Å². The molecule has 0 fully saturated rings. The van der Waals surface area contributed by atoms with Crippen LogP contribution in [0.5, 0.6) is 0 Å². The molecule has 0 saturated heterocycles. The zero-order valence-corrected chi connectivity index (χ0v) is 27.3. The van der Waals surface area contributed by atoms with Gasteiger partial charge >= 0.3 is 0 Å². The minimum absolute atomic E-state index is 0.234. The molecule has 49 heavy (non-hydrogen) atoms. The number of hydrogen-bond donors (Lipinski definition) is 0. The van der Waals surface area contributed by atoms with Crippen LogP contribution in [0.15, 0.2) is 158 Å². The Morgan fingerprint density at radius 3 is 1.80 bits per heavy atom. The topological polar surface area (TPSA) is 35.6 Å². The summed E-state index contributed by atoms with van der Waals surface area (Å²) >= 11 is 0. The van der Waals surface area contributed by atoms with Gasteiger partial charge < -0.3 is 4.57 Å². The van der Waals surface area contributed by atoms with E-state index in [2.05, 4.69) is 169 Å². The number of hydrogen-bond acceptors (Lipinski definition) is 2. The van der Waals surface area contributed by atoms with Gasteiger partial charge in [0.2, 0.25) is 5.95 Å². The Balaban J connectivity index is 1.40. The fraction of sp³-hybridized carbons (Fsp3) is 0.0667. The molecule has 3 aromatic heterocycles. The first-order valence-electron chi connectivity index (χ1n) is 16.9. The summed E-state index contributed by atoms with van der Waals surface area (Å²) in [4.78, 5) is 10.7. The summed E-state index contributed by atoms with van der Waals surface area (Å²) in [6.45, 7) is 4.75. The van der Waals surface area contributed by atoms with E-state index in [9.17, 15) is 0 Å². The van der Waals surface area contributed by atoms with Crippen LogP contribution in [0.3, 0.4) is 0 Å². The second-order valence-electron chi connectivity index (χ2n) is 13.4. The van der Waals surface area contributed by atoms with Crippen LogP contribution >= 0.6 is 0 Å². The smallest absolute Gasteiger partial charge is 0.235 e. The van der Waals surface area contributed by atoms with Crippen LogP contribution in [0.2, 0.25) is 0 Å². The third kappa shape index (κ3) is 3.98. The molecule has 232 valence electrons. The van der Waals surface area contributed by atoms with Crippen LogP contribution in [0.1, 0.15) is 25.0 Å². The molecule has 4 nitrogen and oxygen atoms in total. The average molecular weight is 629 g/mol. The van der Waals surface area contributed by atoms with E-state index in [1.165, 1.54) is 44.1 Å². The van der Waals surface area contributed by atoms with Crippen molar-refractivity contribution in [2.24, 2.45) is 0 Å². The highest BCUT2D eigenvalue weighted by Gasteiger charge is 2.41. The van der Waals surface area contributed by atoms with Gasteiger partial charge in [-0.05, 0) is 41.5 Å². The molecule has 6 aromatic carbocycles. The van der Waals surface area contributed by atoms with Crippen molar-refractivity contribution in [2.45, 2.75) is 19.3 Å². The summed E-state index contributed by atoms with van der Waals surface area (Å²) in [5, 5.41) is 3.62. The number of aromatic nitrogens is 4. The van der Waals surface area contributed by atoms with Crippen LogP contribution in [-0.2, 0) is 5.41 Å². The van der Waals surface area contributed by atoms with Crippen molar-refractivity contribution < 1.29 is 0 Å². The molecule has 0 unspecified atom stereocenters. The van der Waals surface area contributed by atoms with Crippen molar-refractivity contribution in [1.29, 1.82) is 0 Å². The van der Waals surface area contributed by atoms with Gasteiger partial charge in [0.1, 0.15) is 0 Å². The maximum atomic E-state index is 5.36. The first-order chi connectivity index (χ1) is 24.1. The van der Waals surface area contributed by atoms with Crippen molar-refractivity contribution in [2.75, 3.05) is 0 Å². The quantitative estimate of drug-likeness (QED) is 0.194. The molecule has 1 aliphatic rings. The van der Waals surface area contributed by atoms with E-state index in [0.717, 1.165) is 39.2 Å². The van der Waals surface area contributed by atoms with Crippen LogP contribution < -0.4 is 0 Å². The maximum absolute atomic E-state index is 5.36. The second-order valence-corrected chi connectivity index (χ2v) is 13.4. The van der Waals surface area contributed by atoms with Crippen molar-refractivity contribution in [3.8, 4) is 45.4 Å². The summed E-state index contributed by atoms with van der Waals surface area (Å²) < 4.78 is 4.79. The Kier molecular flexibility index (Phi) is 5.89. The third-order valence-corrected chi connectivity index (χ3v) is 10.3. The van der Waals surface area contributed by atoms with E-state index in [4.69, 9.17) is 9.97 Å². The number of nitrogens with zero attached hydrogens (tertiary/aromatic N) is 4. The van der Waals surface area contributed by atoms with Gasteiger partial charge in [-0.2, -0.15) is 0 Å². The normalized spacial score (nSPS) is 13.3. The van der Waals surface area contributed by atoms with Crippen LogP contribution in [0.25, 0.3) is 78.1 Å². The Morgan fingerprint density at radius 1 is 0.510 bits per heavy atom. The monoisotopic (exact) mass is 628 g/mol. The standard InChI is InChI=1S/C45H32N4/c1-45(2)35-24-14-12-23-34(35)43-41(45)40-39(48(43)31-20-10-5-11-21-31)27-26-33-32-22-13-15-25-38(32)49(42(33)40)44-46-36(29-16-6-3-7-17-29)28-37(47-44)30-18-8-4-9-19-30/h3-28H,1-2H3. The van der Waals surface area contributed by atoms with E-state index < -0.39 is 0 Å². The van der Waals surface area contributed by atoms with Gasteiger partial charge in [-0.15, -0.1) is 0 Å². The lowest BCUT2D eigenvalue weighted by Gasteiger charge is -2.22. The zero-order valence-electron chi connectivity index (χ0n) is 27.3. The van der Waals surface area contributed by atoms with Crippen molar-refractivity contribution in [3.05, 3.63) is 169 Å². The average Bonchev–Trinajstić information content (AvgIpc) is 3.77. The van der Waals surface area contributed by atoms with Gasteiger partial charge in [0.05, 0.1) is 33.6 Å². The zero-order chi connectivity index (χ0) is 32.7. The molecule has 10 rings (SSSR count). The number of para-hydroxylation sites is 2. The predicted octanol–water partition coefficient (Wildman–Crippen LogP) is 11.2. The molecular weight excluding hydrogens is 597 g/mol. The first kappa shape index (κ1) is 27.8. The van der Waals surface area contributed by atoms with E-state index in [-0.39, 0.29) is 5.41 Å². The number of benzene rings is 6. The van der Waals surface area contributed by atoms with Gasteiger partial charge in [-0.1, -0.05) is 141 Å². The Bertz CT molecular complexity index is 2660. The largest absolute Gasteiger partial charge is 0.309 e. The molecule has 0 bridgehead atoms. The van der Waals surface area contributed by atoms with Gasteiger partial charge in [-0.25, -0.2) is 9.97 Å². The molecular formula is C45H32N4. The van der Waals surface area contributed by atoms with Crippen molar-refractivity contribution >= 4 is 32.7 Å². The van der Waals surface area contributed by atoms with Gasteiger partial charge in [0.15, 0.2) is 0 Å². The predicted molar refractivity (Wildman–Crippen MR) is 202 cm³/mol. The summed E-state index contributed by atoms with van der Waals surface area (Å²) in [5.41, 5.74) is 13.4. The minimum atomic E-state index is -0.234. The highest BCUT2D eigenvalue weighted by molar-refractivity contribution is 6.21. The first-order valence-corrected chi connectivity index (χ1v) is 16.9. The van der Waals surface area contributed by atoms with E-state index >= 15 is 0 Å². The molecule has 0 amide bonds. The SMILES string of the molecule is CC1(C)c2ccccc2-c2c1c1c(ccc3c4ccccc4n(-c4nc(-c5ccccc5)cc(-c5ccccc5)n4)c31)n2-c1ccccc1. The molecule has 3 heterocycles. The van der Waals surface area contributed by atoms with Crippen LogP contribution in [0.4, 0.5) is 0 Å². The molecule has 0 spiro atoms. The van der Waals surface area contributed by atoms with E-state index in [1.807, 2.05) is 12.1 Å². The van der Waals surface area contributed by atoms with Gasteiger partial charge in [0.25, 0.3) is 0 Å². The third-order valence-electron chi connectivity index (χ3n) is 10.3. The van der Waals surface area contributed by atoms with Crippen molar-refractivity contribution in [3.63, 3.8) is 0 Å². The fourth-order valence-corrected chi connectivity index (χ4v) is 8.16. The second kappa shape index (κ2) is 10.4. The lowest BCUT2D eigenvalue weighted by molar-refractivity contribution is 0.666. The number of fused-ring (bicyclic) bond motifs is 9. The molecule has 0 aliphatic heterocycles. The molecule has 0 saturated carbocycles. The molecule has 0 atom stereocenters. The lowest BCUT2D eigenvalue weighted by Crippen LogP contribution is -2.15. The summed E-state index contributed by atoms with van der Waals surface area (Å²) in [5.74, 6) is 0.661. The Labute approximate surface area is 284 Å². The van der Waals surface area contributed by atoms with Crippen molar-refractivity contribution in [1.82, 2.24) is 19.1 Å². The molecule has 0 radical (unpaired) electrons.